The number of nitrogens with zero attached hydrogens (tertiary/aromatic N) is 2. The minimum Gasteiger partial charge on any atom is -0.493 e. The third-order valence-electron chi connectivity index (χ3n) is 26.9. The van der Waals surface area contributed by atoms with Gasteiger partial charge in [-0.05, 0) is 106 Å². The molecule has 1 aliphatic heterocycles. The zero-order chi connectivity index (χ0) is 84.1. The average Bonchev–Trinajstić information content (AvgIpc) is 1.60. The fourth-order valence-electron chi connectivity index (χ4n) is 19.0. The minimum atomic E-state index is 0.934. The van der Waals surface area contributed by atoms with Gasteiger partial charge in [-0.3, -0.25) is 0 Å². The SMILES string of the molecule is CCCCCCCCCCCCCCC#Cc1cc(C#CCCCCCCCCCCCCCC)cc(C2=C(CCCC)C(CCCC)=C(c3cc(CCCCCCCCCCCCCCCCCCCCCCCCCCCCCC)cc(CCCCCCCCCCCCCCCCCCCCCCCCCCCCCC)c3)[N+]2=[N-])c1. The summed E-state index contributed by atoms with van der Waals surface area (Å²) >= 11 is 0. The molecule has 0 radical (unpaired) electrons. The molecule has 0 unspecified atom stereocenters. The maximum Gasteiger partial charge on any atom is 0.211 e. The molecular formula is C116H204N2. The Kier molecular flexibility index (Phi) is 79.1. The van der Waals surface area contributed by atoms with Crippen LogP contribution in [0.4, 0.5) is 0 Å². The maximum atomic E-state index is 13.3. The summed E-state index contributed by atoms with van der Waals surface area (Å²) < 4.78 is 1.69. The summed E-state index contributed by atoms with van der Waals surface area (Å²) in [6, 6.07) is 14.5. The molecule has 0 spiro atoms. The number of benzene rings is 2. The van der Waals surface area contributed by atoms with Gasteiger partial charge in [0, 0.05) is 46.2 Å². The first-order valence-corrected chi connectivity index (χ1v) is 54.7. The van der Waals surface area contributed by atoms with Crippen LogP contribution in [0.15, 0.2) is 47.5 Å². The van der Waals surface area contributed by atoms with E-state index >= 15 is 0 Å². The Labute approximate surface area is 741 Å². The van der Waals surface area contributed by atoms with Gasteiger partial charge in [0.1, 0.15) is 0 Å². The van der Waals surface area contributed by atoms with E-state index in [0.29, 0.717) is 0 Å². The summed E-state index contributed by atoms with van der Waals surface area (Å²) in [6.45, 7) is 14.0. The lowest BCUT2D eigenvalue weighted by Crippen LogP contribution is -2.05. The summed E-state index contributed by atoms with van der Waals surface area (Å²) in [5.74, 6) is 14.7. The Hall–Kier alpha value is -3.36. The molecule has 0 aromatic heterocycles. The average molecular weight is 1630 g/mol. The summed E-state index contributed by atoms with van der Waals surface area (Å²) in [5.41, 5.74) is 25.4. The molecule has 0 saturated heterocycles. The Morgan fingerprint density at radius 3 is 0.568 bits per heavy atom. The number of rotatable bonds is 90. The second kappa shape index (κ2) is 85.8. The van der Waals surface area contributed by atoms with Crippen LogP contribution < -0.4 is 0 Å². The summed E-state index contributed by atoms with van der Waals surface area (Å²) in [5, 5.41) is 0. The topological polar surface area (TPSA) is 25.3 Å². The predicted molar refractivity (Wildman–Crippen MR) is 532 cm³/mol. The van der Waals surface area contributed by atoms with Crippen molar-refractivity contribution in [1.82, 2.24) is 0 Å². The molecule has 0 fully saturated rings. The standard InChI is InChI=1S/C116H204N2/c1-7-13-19-23-27-31-35-39-43-45-47-49-51-53-55-57-59-61-63-65-67-69-73-77-81-85-89-93-97-109-102-110(98-94-90-86-82-78-74-70-68-66-64-62-60-58-56-54-52-50-48-46-44-40-36-32-28-24-20-14-8-2)106-112(105-109)116-114(100-18-12-6)113(99-17-11-5)115(118(116)117)111-103-107(95-91-87-83-79-75-71-41-37-33-29-25-21-15-9-3)101-108(104-111)96-92-88-84-80-76-72-42-38-34-30-26-22-16-10-4/h101-106H,7-90,93-94,97-100H2,1-6H3. The number of allylic oxidation sites excluding steroid dienone is 2. The maximum absolute atomic E-state index is 13.3. The molecule has 3 rings (SSSR count). The van der Waals surface area contributed by atoms with Crippen molar-refractivity contribution in [3.8, 4) is 23.7 Å². The van der Waals surface area contributed by atoms with E-state index in [1.807, 2.05) is 0 Å². The molecule has 2 nitrogen and oxygen atoms in total. The third kappa shape index (κ3) is 63.5. The van der Waals surface area contributed by atoms with Crippen LogP contribution in [-0.2, 0) is 12.8 Å². The molecule has 2 aromatic rings. The van der Waals surface area contributed by atoms with Gasteiger partial charge in [-0.2, -0.15) is 0 Å². The normalized spacial score (nSPS) is 12.3. The molecule has 678 valence electrons. The fraction of sp³-hybridized carbons (Fsp3) is 0.828. The van der Waals surface area contributed by atoms with Crippen LogP contribution in [0.1, 0.15) is 640 Å². The van der Waals surface area contributed by atoms with Crippen molar-refractivity contribution in [1.29, 1.82) is 0 Å². The van der Waals surface area contributed by atoms with E-state index in [1.165, 1.54) is 542 Å². The lowest BCUT2D eigenvalue weighted by atomic mass is 9.90. The second-order valence-corrected chi connectivity index (χ2v) is 38.5. The van der Waals surface area contributed by atoms with Crippen LogP contribution in [0, 0.1) is 23.7 Å². The van der Waals surface area contributed by atoms with Crippen molar-refractivity contribution < 1.29 is 4.70 Å². The molecule has 0 saturated carbocycles. The first-order valence-electron chi connectivity index (χ1n) is 54.7. The number of aryl methyl sites for hydroxylation is 2. The molecule has 2 aromatic carbocycles. The van der Waals surface area contributed by atoms with E-state index in [2.05, 4.69) is 102 Å². The van der Waals surface area contributed by atoms with Gasteiger partial charge in [-0.15, -0.1) is 0 Å². The molecule has 2 heteroatoms. The number of hydrogen-bond acceptors (Lipinski definition) is 0. The molecule has 1 aliphatic rings. The minimum absolute atomic E-state index is 0.934. The highest BCUT2D eigenvalue weighted by Gasteiger charge is 2.36. The van der Waals surface area contributed by atoms with Crippen LogP contribution in [-0.4, -0.2) is 4.70 Å². The van der Waals surface area contributed by atoms with Gasteiger partial charge in [-0.25, -0.2) is 4.70 Å². The molecule has 0 N–H and O–H groups in total. The van der Waals surface area contributed by atoms with Gasteiger partial charge in [0.15, 0.2) is 0 Å². The summed E-state index contributed by atoms with van der Waals surface area (Å²) in [6.07, 6.45) is 123. The molecule has 118 heavy (non-hydrogen) atoms. The highest BCUT2D eigenvalue weighted by molar-refractivity contribution is 5.83. The zero-order valence-corrected chi connectivity index (χ0v) is 81.0. The smallest absolute Gasteiger partial charge is 0.211 e. The first kappa shape index (κ1) is 109. The summed E-state index contributed by atoms with van der Waals surface area (Å²) in [4.78, 5) is 0. The first-order chi connectivity index (χ1) is 58.5. The second-order valence-electron chi connectivity index (χ2n) is 38.5. The van der Waals surface area contributed by atoms with Gasteiger partial charge >= 0.3 is 0 Å². The predicted octanol–water partition coefficient (Wildman–Crippen LogP) is 41.1. The van der Waals surface area contributed by atoms with Crippen molar-refractivity contribution in [3.63, 3.8) is 0 Å². The van der Waals surface area contributed by atoms with E-state index in [9.17, 15) is 5.53 Å². The highest BCUT2D eigenvalue weighted by atomic mass is 15.2. The van der Waals surface area contributed by atoms with Gasteiger partial charge in [0.2, 0.25) is 11.4 Å². The zero-order valence-electron chi connectivity index (χ0n) is 81.0. The quantitative estimate of drug-likeness (QED) is 0.0358. The van der Waals surface area contributed by atoms with Crippen molar-refractivity contribution in [2.45, 2.75) is 619 Å². The van der Waals surface area contributed by atoms with E-state index in [4.69, 9.17) is 0 Å². The fourth-order valence-corrected chi connectivity index (χ4v) is 19.0. The van der Waals surface area contributed by atoms with E-state index in [1.54, 1.807) is 4.70 Å². The third-order valence-corrected chi connectivity index (χ3v) is 26.9. The van der Waals surface area contributed by atoms with Crippen molar-refractivity contribution in [3.05, 3.63) is 86.5 Å². The molecule has 0 bridgehead atoms. The van der Waals surface area contributed by atoms with Gasteiger partial charge in [-0.1, -0.05) is 572 Å². The Balaban J connectivity index is 1.64. The Bertz CT molecular complexity index is 2580. The molecule has 0 amide bonds. The summed E-state index contributed by atoms with van der Waals surface area (Å²) in [7, 11) is 0. The van der Waals surface area contributed by atoms with Crippen molar-refractivity contribution in [2.24, 2.45) is 0 Å². The lowest BCUT2D eigenvalue weighted by Gasteiger charge is -2.14. The number of unbranched alkanes of at least 4 members (excludes halogenated alkanes) is 80. The number of hydrogen-bond donors (Lipinski definition) is 0. The van der Waals surface area contributed by atoms with Crippen LogP contribution in [0.3, 0.4) is 0 Å². The van der Waals surface area contributed by atoms with Gasteiger partial charge < -0.3 is 5.53 Å². The Morgan fingerprint density at radius 2 is 0.364 bits per heavy atom. The lowest BCUT2D eigenvalue weighted by molar-refractivity contribution is -0.345. The van der Waals surface area contributed by atoms with Gasteiger partial charge in [0.25, 0.3) is 0 Å². The van der Waals surface area contributed by atoms with E-state index < -0.39 is 0 Å². The molecule has 0 atom stereocenters. The highest BCUT2D eigenvalue weighted by Crippen LogP contribution is 2.45. The van der Waals surface area contributed by atoms with Gasteiger partial charge in [0.05, 0.1) is 0 Å². The Morgan fingerprint density at radius 1 is 0.186 bits per heavy atom. The largest absolute Gasteiger partial charge is 0.493 e. The van der Waals surface area contributed by atoms with Crippen LogP contribution in [0.2, 0.25) is 0 Å². The van der Waals surface area contributed by atoms with Crippen LogP contribution in [0.25, 0.3) is 16.9 Å². The van der Waals surface area contributed by atoms with Crippen LogP contribution in [0.5, 0.6) is 0 Å². The van der Waals surface area contributed by atoms with E-state index in [-0.39, 0.29) is 0 Å². The van der Waals surface area contributed by atoms with Crippen LogP contribution >= 0.6 is 0 Å². The van der Waals surface area contributed by atoms with Crippen molar-refractivity contribution in [2.75, 3.05) is 0 Å². The monoisotopic (exact) mass is 1630 g/mol. The molecule has 1 heterocycles. The van der Waals surface area contributed by atoms with E-state index in [0.717, 1.165) is 92.3 Å². The van der Waals surface area contributed by atoms with Crippen molar-refractivity contribution >= 4 is 11.4 Å². The molecule has 0 aliphatic carbocycles. The molecular weight excluding hydrogens is 1420 g/mol.